The van der Waals surface area contributed by atoms with E-state index in [1.54, 1.807) is 19.1 Å². The molecule has 0 radical (unpaired) electrons. The van der Waals surface area contributed by atoms with E-state index >= 15 is 0 Å². The molecule has 3 rings (SSSR count). The quantitative estimate of drug-likeness (QED) is 0.499. The van der Waals surface area contributed by atoms with E-state index in [1.807, 2.05) is 0 Å². The number of carbonyl (C=O) groups excluding carboxylic acids is 2. The minimum atomic E-state index is -0.882. The lowest BCUT2D eigenvalue weighted by Gasteiger charge is -2.16. The number of rotatable bonds is 5. The van der Waals surface area contributed by atoms with Crippen LogP contribution in [-0.2, 0) is 9.53 Å². The summed E-state index contributed by atoms with van der Waals surface area (Å²) in [4.78, 5) is 35.0. The first kappa shape index (κ1) is 17.3. The summed E-state index contributed by atoms with van der Waals surface area (Å²) >= 11 is 1.18. The molecule has 0 aliphatic heterocycles. The van der Waals surface area contributed by atoms with Crippen LogP contribution in [0.5, 0.6) is 0 Å². The van der Waals surface area contributed by atoms with Crippen LogP contribution in [-0.4, -0.2) is 28.9 Å². The molecule has 0 saturated heterocycles. The molecule has 1 aromatic carbocycles. The molecule has 132 valence electrons. The summed E-state index contributed by atoms with van der Waals surface area (Å²) in [7, 11) is 0. The van der Waals surface area contributed by atoms with Crippen molar-refractivity contribution in [2.45, 2.75) is 44.8 Å². The summed E-state index contributed by atoms with van der Waals surface area (Å²) in [5, 5.41) is 14.3. The Bertz CT molecular complexity index is 826. The van der Waals surface area contributed by atoms with Crippen molar-refractivity contribution in [2.75, 3.05) is 0 Å². The number of nitrogens with zero attached hydrogens (tertiary/aromatic N) is 1. The van der Waals surface area contributed by atoms with E-state index in [4.69, 9.17) is 4.74 Å². The van der Waals surface area contributed by atoms with Crippen molar-refractivity contribution < 1.29 is 19.2 Å². The lowest BCUT2D eigenvalue weighted by Crippen LogP contribution is -2.40. The van der Waals surface area contributed by atoms with Gasteiger partial charge in [-0.05, 0) is 31.9 Å². The van der Waals surface area contributed by atoms with Gasteiger partial charge in [0, 0.05) is 28.3 Å². The van der Waals surface area contributed by atoms with Gasteiger partial charge < -0.3 is 10.1 Å². The lowest BCUT2D eigenvalue weighted by atomic mass is 10.2. The van der Waals surface area contributed by atoms with Crippen LogP contribution in [0.3, 0.4) is 0 Å². The molecule has 2 aromatic rings. The van der Waals surface area contributed by atoms with E-state index in [9.17, 15) is 19.7 Å². The third-order valence-corrected chi connectivity index (χ3v) is 5.36. The molecule has 1 aliphatic rings. The van der Waals surface area contributed by atoms with Crippen molar-refractivity contribution in [2.24, 2.45) is 0 Å². The van der Waals surface area contributed by atoms with Crippen LogP contribution < -0.4 is 5.32 Å². The Morgan fingerprint density at radius 1 is 1.32 bits per heavy atom. The van der Waals surface area contributed by atoms with Gasteiger partial charge in [-0.2, -0.15) is 0 Å². The first-order chi connectivity index (χ1) is 11.9. The number of ether oxygens (including phenoxy) is 1. The second-order valence-corrected chi connectivity index (χ2v) is 7.21. The second-order valence-electron chi connectivity index (χ2n) is 6.13. The zero-order chi connectivity index (χ0) is 18.0. The molecule has 25 heavy (non-hydrogen) atoms. The smallest absolute Gasteiger partial charge is 0.349 e. The Balaban J connectivity index is 1.66. The van der Waals surface area contributed by atoms with Gasteiger partial charge in [0.1, 0.15) is 4.88 Å². The van der Waals surface area contributed by atoms with Crippen LogP contribution in [0.2, 0.25) is 0 Å². The highest BCUT2D eigenvalue weighted by Gasteiger charge is 2.24. The van der Waals surface area contributed by atoms with Gasteiger partial charge >= 0.3 is 5.97 Å². The van der Waals surface area contributed by atoms with Gasteiger partial charge in [0.15, 0.2) is 6.10 Å². The monoisotopic (exact) mass is 362 g/mol. The first-order valence-electron chi connectivity index (χ1n) is 8.13. The van der Waals surface area contributed by atoms with E-state index in [0.717, 1.165) is 30.4 Å². The molecule has 1 heterocycles. The summed E-state index contributed by atoms with van der Waals surface area (Å²) in [6.07, 6.45) is 3.25. The van der Waals surface area contributed by atoms with Gasteiger partial charge in [-0.1, -0.05) is 12.8 Å². The minimum Gasteiger partial charge on any atom is -0.448 e. The highest BCUT2D eigenvalue weighted by molar-refractivity contribution is 7.20. The number of benzene rings is 1. The van der Waals surface area contributed by atoms with Crippen molar-refractivity contribution in [3.05, 3.63) is 39.3 Å². The van der Waals surface area contributed by atoms with Crippen LogP contribution in [0.25, 0.3) is 10.1 Å². The molecule has 8 heteroatoms. The molecule has 0 spiro atoms. The third kappa shape index (κ3) is 3.96. The Kier molecular flexibility index (Phi) is 4.98. The minimum absolute atomic E-state index is 0.0328. The molecule has 1 amide bonds. The number of fused-ring (bicyclic) bond motifs is 1. The molecular formula is C17H18N2O5S. The third-order valence-electron chi connectivity index (χ3n) is 4.27. The maximum absolute atomic E-state index is 12.3. The lowest BCUT2D eigenvalue weighted by molar-refractivity contribution is -0.384. The van der Waals surface area contributed by atoms with Crippen LogP contribution >= 0.6 is 11.3 Å². The van der Waals surface area contributed by atoms with Gasteiger partial charge in [0.05, 0.1) is 4.92 Å². The number of hydrogen-bond acceptors (Lipinski definition) is 6. The number of thiophene rings is 1. The van der Waals surface area contributed by atoms with Crippen molar-refractivity contribution in [1.82, 2.24) is 5.32 Å². The highest BCUT2D eigenvalue weighted by Crippen LogP contribution is 2.29. The van der Waals surface area contributed by atoms with Crippen molar-refractivity contribution in [1.29, 1.82) is 0 Å². The van der Waals surface area contributed by atoms with E-state index in [1.165, 1.54) is 23.5 Å². The molecular weight excluding hydrogens is 344 g/mol. The summed E-state index contributed by atoms with van der Waals surface area (Å²) in [5.41, 5.74) is -0.0328. The number of nitro groups is 1. The maximum atomic E-state index is 12.3. The number of nitro benzene ring substituents is 1. The van der Waals surface area contributed by atoms with Crippen molar-refractivity contribution in [3.63, 3.8) is 0 Å². The number of carbonyl (C=O) groups is 2. The molecule has 7 nitrogen and oxygen atoms in total. The van der Waals surface area contributed by atoms with Crippen LogP contribution in [0.15, 0.2) is 24.3 Å². The van der Waals surface area contributed by atoms with Gasteiger partial charge in [-0.3, -0.25) is 14.9 Å². The summed E-state index contributed by atoms with van der Waals surface area (Å²) in [6.45, 7) is 1.54. The van der Waals surface area contributed by atoms with E-state index < -0.39 is 17.0 Å². The van der Waals surface area contributed by atoms with Crippen molar-refractivity contribution in [3.8, 4) is 0 Å². The zero-order valence-corrected chi connectivity index (χ0v) is 14.5. The summed E-state index contributed by atoms with van der Waals surface area (Å²) < 4.78 is 5.99. The van der Waals surface area contributed by atoms with Crippen LogP contribution in [0, 0.1) is 10.1 Å². The fraction of sp³-hybridized carbons (Fsp3) is 0.412. The van der Waals surface area contributed by atoms with E-state index in [-0.39, 0.29) is 17.6 Å². The fourth-order valence-corrected chi connectivity index (χ4v) is 3.83. The van der Waals surface area contributed by atoms with E-state index in [0.29, 0.717) is 10.3 Å². The first-order valence-corrected chi connectivity index (χ1v) is 8.95. The predicted octanol–water partition coefficient (Wildman–Crippen LogP) is 3.41. The maximum Gasteiger partial charge on any atom is 0.349 e. The van der Waals surface area contributed by atoms with Gasteiger partial charge in [0.2, 0.25) is 0 Å². The molecule has 1 aliphatic carbocycles. The number of hydrogen-bond donors (Lipinski definition) is 1. The fourth-order valence-electron chi connectivity index (χ4n) is 2.91. The van der Waals surface area contributed by atoms with Crippen molar-refractivity contribution >= 4 is 39.0 Å². The van der Waals surface area contributed by atoms with Crippen LogP contribution in [0.1, 0.15) is 42.3 Å². The summed E-state index contributed by atoms with van der Waals surface area (Å²) in [6, 6.07) is 6.13. The topological polar surface area (TPSA) is 98.5 Å². The van der Waals surface area contributed by atoms with Gasteiger partial charge in [-0.15, -0.1) is 11.3 Å². The Hall–Kier alpha value is -2.48. The SMILES string of the molecule is C[C@@H](OC(=O)c1cc2cc([N+](=O)[O-])ccc2s1)C(=O)NC1CCCC1. The average Bonchev–Trinajstić information content (AvgIpc) is 3.22. The number of nitrogens with one attached hydrogen (secondary N) is 1. The van der Waals surface area contributed by atoms with Gasteiger partial charge in [0.25, 0.3) is 11.6 Å². The molecule has 0 bridgehead atoms. The second kappa shape index (κ2) is 7.18. The molecule has 1 aromatic heterocycles. The molecule has 0 unspecified atom stereocenters. The number of esters is 1. The van der Waals surface area contributed by atoms with Gasteiger partial charge in [-0.25, -0.2) is 4.79 Å². The number of amides is 1. The standard InChI is InChI=1S/C17H18N2O5S/c1-10(16(20)18-12-4-2-3-5-12)24-17(21)15-9-11-8-13(19(22)23)6-7-14(11)25-15/h6-10,12H,2-5H2,1H3,(H,18,20)/t10-/m1/s1. The summed E-state index contributed by atoms with van der Waals surface area (Å²) in [5.74, 6) is -0.894. The predicted molar refractivity (Wildman–Crippen MR) is 93.8 cm³/mol. The largest absolute Gasteiger partial charge is 0.448 e. The zero-order valence-electron chi connectivity index (χ0n) is 13.7. The highest BCUT2D eigenvalue weighted by atomic mass is 32.1. The molecule has 1 fully saturated rings. The Labute approximate surface area is 148 Å². The Morgan fingerprint density at radius 2 is 2.04 bits per heavy atom. The van der Waals surface area contributed by atoms with Crippen LogP contribution in [0.4, 0.5) is 5.69 Å². The van der Waals surface area contributed by atoms with E-state index in [2.05, 4.69) is 5.32 Å². The molecule has 1 atom stereocenters. The average molecular weight is 362 g/mol. The normalized spacial score (nSPS) is 15.9. The molecule has 1 saturated carbocycles. The number of non-ortho nitro benzene ring substituents is 1. The molecule has 1 N–H and O–H groups in total. The Morgan fingerprint density at radius 3 is 2.72 bits per heavy atom.